The molecule has 8 heteroatoms. The van der Waals surface area contributed by atoms with Crippen molar-refractivity contribution in [3.05, 3.63) is 0 Å². The maximum absolute atomic E-state index is 12.5. The molecule has 0 spiro atoms. The van der Waals surface area contributed by atoms with E-state index in [-0.39, 0.29) is 12.5 Å². The van der Waals surface area contributed by atoms with Crippen molar-refractivity contribution < 1.29 is 17.9 Å². The van der Waals surface area contributed by atoms with Gasteiger partial charge in [0.15, 0.2) is 0 Å². The molecule has 7 nitrogen and oxygen atoms in total. The summed E-state index contributed by atoms with van der Waals surface area (Å²) < 4.78 is 32.7. The fraction of sp³-hybridized carbons (Fsp3) is 0.917. The van der Waals surface area contributed by atoms with Crippen LogP contribution in [0.15, 0.2) is 0 Å². The Balaban J connectivity index is 1.87. The zero-order valence-corrected chi connectivity index (χ0v) is 12.8. The third-order valence-electron chi connectivity index (χ3n) is 3.88. The Morgan fingerprint density at radius 2 is 1.50 bits per heavy atom. The molecular formula is C12H23N3O4S. The van der Waals surface area contributed by atoms with Crippen LogP contribution in [0.1, 0.15) is 19.3 Å². The number of piperazine rings is 1. The van der Waals surface area contributed by atoms with Gasteiger partial charge in [-0.05, 0) is 12.8 Å². The number of methoxy groups -OCH3 is 1. The molecule has 0 bridgehead atoms. The molecule has 0 aromatic carbocycles. The Morgan fingerprint density at radius 3 is 2.05 bits per heavy atom. The van der Waals surface area contributed by atoms with Crippen LogP contribution >= 0.6 is 0 Å². The van der Waals surface area contributed by atoms with E-state index in [1.54, 1.807) is 4.31 Å². The molecule has 0 amide bonds. The van der Waals surface area contributed by atoms with E-state index in [2.05, 4.69) is 4.74 Å². The lowest BCUT2D eigenvalue weighted by molar-refractivity contribution is -0.142. The third-order valence-corrected chi connectivity index (χ3v) is 5.91. The van der Waals surface area contributed by atoms with Crippen molar-refractivity contribution >= 4 is 16.2 Å². The first kappa shape index (κ1) is 15.7. The van der Waals surface area contributed by atoms with Crippen LogP contribution in [0.3, 0.4) is 0 Å². The zero-order chi connectivity index (χ0) is 14.6. The highest BCUT2D eigenvalue weighted by Gasteiger charge is 2.33. The minimum absolute atomic E-state index is 0.230. The lowest BCUT2D eigenvalue weighted by atomic mass is 10.2. The Hall–Kier alpha value is -0.700. The summed E-state index contributed by atoms with van der Waals surface area (Å²) in [5, 5.41) is 0. The Bertz CT molecular complexity index is 426. The first-order chi connectivity index (χ1) is 9.54. The molecule has 0 N–H and O–H groups in total. The first-order valence-electron chi connectivity index (χ1n) is 7.08. The predicted octanol–water partition coefficient (Wildman–Crippen LogP) is -0.492. The molecule has 0 aliphatic carbocycles. The number of carbonyl (C=O) groups excluding carboxylic acids is 1. The van der Waals surface area contributed by atoms with Gasteiger partial charge in [-0.3, -0.25) is 9.69 Å². The summed E-state index contributed by atoms with van der Waals surface area (Å²) >= 11 is 0. The van der Waals surface area contributed by atoms with Gasteiger partial charge in [-0.1, -0.05) is 6.42 Å². The van der Waals surface area contributed by atoms with Gasteiger partial charge in [0.1, 0.15) is 0 Å². The van der Waals surface area contributed by atoms with E-state index in [1.807, 2.05) is 4.90 Å². The van der Waals surface area contributed by atoms with E-state index in [4.69, 9.17) is 0 Å². The van der Waals surface area contributed by atoms with E-state index in [0.717, 1.165) is 19.3 Å². The molecule has 0 atom stereocenters. The number of hydrogen-bond acceptors (Lipinski definition) is 5. The number of carbonyl (C=O) groups is 1. The van der Waals surface area contributed by atoms with E-state index < -0.39 is 10.2 Å². The topological polar surface area (TPSA) is 70.2 Å². The van der Waals surface area contributed by atoms with Crippen molar-refractivity contribution in [2.45, 2.75) is 19.3 Å². The van der Waals surface area contributed by atoms with Gasteiger partial charge >= 0.3 is 5.97 Å². The summed E-state index contributed by atoms with van der Waals surface area (Å²) in [5.41, 5.74) is 0. The Kier molecular flexibility index (Phi) is 5.36. The van der Waals surface area contributed by atoms with Crippen LogP contribution in [-0.2, 0) is 19.7 Å². The average molecular weight is 305 g/mol. The molecule has 2 aliphatic heterocycles. The Labute approximate surface area is 120 Å². The SMILES string of the molecule is COC(=O)CN1CCN(S(=O)(=O)N2CCCCC2)CC1. The smallest absolute Gasteiger partial charge is 0.319 e. The largest absolute Gasteiger partial charge is 0.468 e. The number of nitrogens with zero attached hydrogens (tertiary/aromatic N) is 3. The molecule has 2 rings (SSSR count). The van der Waals surface area contributed by atoms with Gasteiger partial charge in [0.05, 0.1) is 13.7 Å². The quantitative estimate of drug-likeness (QED) is 0.655. The van der Waals surface area contributed by atoms with Crippen LogP contribution in [0.25, 0.3) is 0 Å². The van der Waals surface area contributed by atoms with Gasteiger partial charge in [0.2, 0.25) is 0 Å². The monoisotopic (exact) mass is 305 g/mol. The number of rotatable bonds is 4. The fourth-order valence-corrected chi connectivity index (χ4v) is 4.30. The average Bonchev–Trinajstić information content (AvgIpc) is 2.48. The Morgan fingerprint density at radius 1 is 0.950 bits per heavy atom. The van der Waals surface area contributed by atoms with E-state index in [1.165, 1.54) is 11.4 Å². The van der Waals surface area contributed by atoms with E-state index in [9.17, 15) is 13.2 Å². The van der Waals surface area contributed by atoms with Gasteiger partial charge in [0.25, 0.3) is 10.2 Å². The van der Waals surface area contributed by atoms with Crippen molar-refractivity contribution in [1.29, 1.82) is 0 Å². The summed E-state index contributed by atoms with van der Waals surface area (Å²) in [4.78, 5) is 13.1. The molecule has 116 valence electrons. The van der Waals surface area contributed by atoms with Crippen molar-refractivity contribution in [1.82, 2.24) is 13.5 Å². The van der Waals surface area contributed by atoms with E-state index >= 15 is 0 Å². The molecule has 0 radical (unpaired) electrons. The van der Waals surface area contributed by atoms with Gasteiger partial charge in [-0.2, -0.15) is 17.0 Å². The van der Waals surface area contributed by atoms with Crippen molar-refractivity contribution in [2.24, 2.45) is 0 Å². The second-order valence-corrected chi connectivity index (χ2v) is 7.15. The number of piperidine rings is 1. The molecule has 2 fully saturated rings. The highest BCUT2D eigenvalue weighted by molar-refractivity contribution is 7.86. The molecular weight excluding hydrogens is 282 g/mol. The van der Waals surface area contributed by atoms with Gasteiger partial charge < -0.3 is 4.74 Å². The summed E-state index contributed by atoms with van der Waals surface area (Å²) in [6.07, 6.45) is 3.00. The molecule has 2 heterocycles. The lowest BCUT2D eigenvalue weighted by Crippen LogP contribution is -2.54. The normalized spacial score (nSPS) is 23.6. The fourth-order valence-electron chi connectivity index (χ4n) is 2.62. The summed E-state index contributed by atoms with van der Waals surface area (Å²) in [7, 11) is -1.96. The molecule has 0 unspecified atom stereocenters. The maximum Gasteiger partial charge on any atom is 0.319 e. The third kappa shape index (κ3) is 3.69. The molecule has 20 heavy (non-hydrogen) atoms. The highest BCUT2D eigenvalue weighted by atomic mass is 32.2. The summed E-state index contributed by atoms with van der Waals surface area (Å²) in [6.45, 7) is 3.51. The van der Waals surface area contributed by atoms with Crippen LogP contribution in [-0.4, -0.2) is 80.8 Å². The second kappa shape index (κ2) is 6.84. The minimum Gasteiger partial charge on any atom is -0.468 e. The number of hydrogen-bond donors (Lipinski definition) is 0. The van der Waals surface area contributed by atoms with Crippen LogP contribution in [0, 0.1) is 0 Å². The molecule has 0 aromatic heterocycles. The van der Waals surface area contributed by atoms with Crippen LogP contribution in [0.5, 0.6) is 0 Å². The zero-order valence-electron chi connectivity index (χ0n) is 12.0. The second-order valence-electron chi connectivity index (χ2n) is 5.22. The first-order valence-corrected chi connectivity index (χ1v) is 8.48. The highest BCUT2D eigenvalue weighted by Crippen LogP contribution is 2.17. The standard InChI is InChI=1S/C12H23N3O4S/c1-19-12(16)11-13-7-9-15(10-8-13)20(17,18)14-5-3-2-4-6-14/h2-11H2,1H3. The minimum atomic E-state index is -3.32. The summed E-state index contributed by atoms with van der Waals surface area (Å²) in [6, 6.07) is 0. The number of ether oxygens (including phenoxy) is 1. The maximum atomic E-state index is 12.5. The molecule has 2 aliphatic rings. The van der Waals surface area contributed by atoms with E-state index in [0.29, 0.717) is 39.3 Å². The van der Waals surface area contributed by atoms with Gasteiger partial charge in [0, 0.05) is 39.3 Å². The number of esters is 1. The van der Waals surface area contributed by atoms with Crippen molar-refractivity contribution in [2.75, 3.05) is 52.9 Å². The molecule has 0 aromatic rings. The van der Waals surface area contributed by atoms with Crippen LogP contribution in [0.2, 0.25) is 0 Å². The van der Waals surface area contributed by atoms with Gasteiger partial charge in [-0.25, -0.2) is 0 Å². The summed E-state index contributed by atoms with van der Waals surface area (Å²) in [5.74, 6) is -0.280. The van der Waals surface area contributed by atoms with Gasteiger partial charge in [-0.15, -0.1) is 0 Å². The lowest BCUT2D eigenvalue weighted by Gasteiger charge is -2.37. The predicted molar refractivity (Wildman–Crippen MR) is 74.4 cm³/mol. The molecule has 2 saturated heterocycles. The van der Waals surface area contributed by atoms with Crippen LogP contribution in [0.4, 0.5) is 0 Å². The van der Waals surface area contributed by atoms with Crippen LogP contribution < -0.4 is 0 Å². The van der Waals surface area contributed by atoms with Crippen molar-refractivity contribution in [3.63, 3.8) is 0 Å². The molecule has 0 saturated carbocycles. The van der Waals surface area contributed by atoms with Crippen molar-refractivity contribution in [3.8, 4) is 0 Å².